The van der Waals surface area contributed by atoms with Crippen LogP contribution >= 0.6 is 11.6 Å². The van der Waals surface area contributed by atoms with Crippen LogP contribution in [0.4, 0.5) is 5.69 Å². The molecule has 0 saturated carbocycles. The number of nitrogens with one attached hydrogen (secondary N) is 3. The van der Waals surface area contributed by atoms with Crippen molar-refractivity contribution in [2.24, 2.45) is 0 Å². The molecule has 31 heavy (non-hydrogen) atoms. The lowest BCUT2D eigenvalue weighted by molar-refractivity contribution is 0.407. The highest BCUT2D eigenvalue weighted by molar-refractivity contribution is 6.35. The molecule has 7 nitrogen and oxygen atoms in total. The van der Waals surface area contributed by atoms with Crippen LogP contribution in [-0.4, -0.2) is 47.9 Å². The Labute approximate surface area is 186 Å². The maximum Gasteiger partial charge on any atom is 0.161 e. The number of rotatable bonds is 3. The number of piperazine rings is 1. The lowest BCUT2D eigenvalue weighted by Crippen LogP contribution is -2.54. The van der Waals surface area contributed by atoms with E-state index in [9.17, 15) is 5.26 Å². The zero-order valence-corrected chi connectivity index (χ0v) is 18.5. The largest absolute Gasteiger partial charge is 0.393 e. The van der Waals surface area contributed by atoms with E-state index in [0.717, 1.165) is 24.2 Å². The van der Waals surface area contributed by atoms with Gasteiger partial charge in [-0.15, -0.1) is 0 Å². The first kappa shape index (κ1) is 21.0. The van der Waals surface area contributed by atoms with Crippen LogP contribution in [-0.2, 0) is 0 Å². The molecule has 1 aliphatic heterocycles. The van der Waals surface area contributed by atoms with Gasteiger partial charge in [-0.3, -0.25) is 5.41 Å². The summed E-state index contributed by atoms with van der Waals surface area (Å²) in [5.41, 5.74) is 3.98. The summed E-state index contributed by atoms with van der Waals surface area (Å²) >= 11 is 6.65. The van der Waals surface area contributed by atoms with Crippen molar-refractivity contribution in [1.29, 1.82) is 10.7 Å². The number of hydrogen-bond donors (Lipinski definition) is 3. The topological polar surface area (TPSA) is 101 Å². The molecule has 0 aromatic carbocycles. The Bertz CT molecular complexity index is 1180. The van der Waals surface area contributed by atoms with Crippen molar-refractivity contribution in [3.63, 3.8) is 0 Å². The van der Waals surface area contributed by atoms with E-state index in [4.69, 9.17) is 22.0 Å². The van der Waals surface area contributed by atoms with E-state index in [1.165, 1.54) is 0 Å². The fourth-order valence-electron chi connectivity index (χ4n) is 4.08. The van der Waals surface area contributed by atoms with Gasteiger partial charge in [-0.1, -0.05) is 11.6 Å². The number of nitrogens with zero attached hydrogens (tertiary/aromatic N) is 4. The number of allylic oxidation sites excluding steroid dienone is 5. The number of hydrogen-bond acceptors (Lipinski definition) is 7. The summed E-state index contributed by atoms with van der Waals surface area (Å²) in [4.78, 5) is 11.6. The third-order valence-corrected chi connectivity index (χ3v) is 5.72. The van der Waals surface area contributed by atoms with E-state index < -0.39 is 0 Å². The molecule has 2 atom stereocenters. The fourth-order valence-corrected chi connectivity index (χ4v) is 4.33. The minimum Gasteiger partial charge on any atom is -0.393 e. The van der Waals surface area contributed by atoms with E-state index >= 15 is 0 Å². The quantitative estimate of drug-likeness (QED) is 0.685. The maximum absolute atomic E-state index is 9.43. The summed E-state index contributed by atoms with van der Waals surface area (Å²) in [6.45, 7) is 6.16. The van der Waals surface area contributed by atoms with Crippen LogP contribution in [0.2, 0.25) is 5.02 Å². The zero-order chi connectivity index (χ0) is 22.1. The SMILES string of the molecule is CN/C=C1/C=C(c2cc(Cl)c3cc(N4CC(C)NC(C)C4)cnc3n2)C=C(C#N)C1=N. The molecule has 0 spiro atoms. The predicted molar refractivity (Wildman–Crippen MR) is 125 cm³/mol. The smallest absolute Gasteiger partial charge is 0.161 e. The van der Waals surface area contributed by atoms with Gasteiger partial charge in [-0.25, -0.2) is 9.97 Å². The molecular formula is C23H24ClN7. The zero-order valence-electron chi connectivity index (χ0n) is 17.7. The number of aromatic nitrogens is 2. The molecule has 0 amide bonds. The number of anilines is 1. The molecule has 2 aromatic rings. The van der Waals surface area contributed by atoms with Crippen molar-refractivity contribution in [2.45, 2.75) is 25.9 Å². The van der Waals surface area contributed by atoms with Crippen molar-refractivity contribution in [3.8, 4) is 6.07 Å². The standard InChI is InChI=1S/C23H24ClN7/c1-13-11-31(12-14(2)29-13)18-6-19-20(24)7-21(30-23(19)28-10-18)15-4-16(8-25)22(26)17(5-15)9-27-3/h4-7,9-10,13-14,26-27,29H,11-12H2,1-3H3/b17-9-,26-22?. The molecule has 158 valence electrons. The van der Waals surface area contributed by atoms with Gasteiger partial charge in [0.1, 0.15) is 6.07 Å². The molecule has 2 aliphatic rings. The first-order valence-electron chi connectivity index (χ1n) is 10.2. The summed E-state index contributed by atoms with van der Waals surface area (Å²) in [7, 11) is 1.75. The Hall–Kier alpha value is -3.21. The molecule has 1 fully saturated rings. The van der Waals surface area contributed by atoms with Gasteiger partial charge >= 0.3 is 0 Å². The first-order valence-corrected chi connectivity index (χ1v) is 10.5. The number of halogens is 1. The molecule has 8 heteroatoms. The van der Waals surface area contributed by atoms with Crippen molar-refractivity contribution < 1.29 is 0 Å². The molecule has 1 saturated heterocycles. The first-order chi connectivity index (χ1) is 14.9. The molecule has 4 rings (SSSR count). The van der Waals surface area contributed by atoms with Crippen molar-refractivity contribution in [1.82, 2.24) is 20.6 Å². The monoisotopic (exact) mass is 433 g/mol. The average Bonchev–Trinajstić information content (AvgIpc) is 2.74. The molecule has 3 N–H and O–H groups in total. The second kappa shape index (κ2) is 8.50. The van der Waals surface area contributed by atoms with Gasteiger partial charge in [-0.05, 0) is 38.1 Å². The van der Waals surface area contributed by atoms with E-state index in [0.29, 0.717) is 39.6 Å². The highest BCUT2D eigenvalue weighted by Crippen LogP contribution is 2.31. The van der Waals surface area contributed by atoms with Gasteiger partial charge in [0.15, 0.2) is 5.65 Å². The lowest BCUT2D eigenvalue weighted by atomic mass is 9.92. The minimum absolute atomic E-state index is 0.176. The molecule has 0 bridgehead atoms. The second-order valence-electron chi connectivity index (χ2n) is 7.96. The summed E-state index contributed by atoms with van der Waals surface area (Å²) in [5.74, 6) is 0. The van der Waals surface area contributed by atoms with Crippen LogP contribution in [0.15, 0.2) is 47.8 Å². The summed E-state index contributed by atoms with van der Waals surface area (Å²) in [6.07, 6.45) is 7.02. The maximum atomic E-state index is 9.43. The summed E-state index contributed by atoms with van der Waals surface area (Å²) in [6, 6.07) is 6.71. The van der Waals surface area contributed by atoms with Gasteiger partial charge in [-0.2, -0.15) is 5.26 Å². The normalized spacial score (nSPS) is 22.9. The molecule has 2 aromatic heterocycles. The van der Waals surface area contributed by atoms with Gasteiger partial charge in [0, 0.05) is 55.0 Å². The molecule has 1 aliphatic carbocycles. The Morgan fingerprint density at radius 3 is 2.71 bits per heavy atom. The molecule has 0 radical (unpaired) electrons. The van der Waals surface area contributed by atoms with E-state index in [2.05, 4.69) is 40.4 Å². The van der Waals surface area contributed by atoms with Gasteiger partial charge in [0.25, 0.3) is 0 Å². The van der Waals surface area contributed by atoms with Crippen LogP contribution in [0.3, 0.4) is 0 Å². The lowest BCUT2D eigenvalue weighted by Gasteiger charge is -2.37. The fraction of sp³-hybridized carbons (Fsp3) is 0.304. The van der Waals surface area contributed by atoms with E-state index in [1.54, 1.807) is 25.4 Å². The average molecular weight is 434 g/mol. The highest BCUT2D eigenvalue weighted by atomic mass is 35.5. The summed E-state index contributed by atoms with van der Waals surface area (Å²) in [5, 5.41) is 25.4. The Balaban J connectivity index is 1.74. The number of nitriles is 1. The van der Waals surface area contributed by atoms with Crippen LogP contribution in [0.25, 0.3) is 16.6 Å². The van der Waals surface area contributed by atoms with Crippen LogP contribution in [0, 0.1) is 16.7 Å². The van der Waals surface area contributed by atoms with E-state index in [-0.39, 0.29) is 11.3 Å². The van der Waals surface area contributed by atoms with E-state index in [1.807, 2.05) is 18.3 Å². The van der Waals surface area contributed by atoms with Crippen molar-refractivity contribution in [3.05, 3.63) is 58.5 Å². The van der Waals surface area contributed by atoms with Crippen LogP contribution in [0.5, 0.6) is 0 Å². The van der Waals surface area contributed by atoms with Gasteiger partial charge < -0.3 is 15.5 Å². The molecular weight excluding hydrogens is 410 g/mol. The number of fused-ring (bicyclic) bond motifs is 1. The Kier molecular flexibility index (Phi) is 5.77. The summed E-state index contributed by atoms with van der Waals surface area (Å²) < 4.78 is 0. The molecule has 2 unspecified atom stereocenters. The second-order valence-corrected chi connectivity index (χ2v) is 8.37. The predicted octanol–water partition coefficient (Wildman–Crippen LogP) is 3.44. The van der Waals surface area contributed by atoms with Crippen molar-refractivity contribution in [2.75, 3.05) is 25.0 Å². The van der Waals surface area contributed by atoms with Crippen LogP contribution < -0.4 is 15.5 Å². The minimum atomic E-state index is 0.176. The third-order valence-electron chi connectivity index (χ3n) is 5.41. The van der Waals surface area contributed by atoms with Crippen LogP contribution in [0.1, 0.15) is 19.5 Å². The molecule has 3 heterocycles. The van der Waals surface area contributed by atoms with Gasteiger partial charge in [0.2, 0.25) is 0 Å². The Morgan fingerprint density at radius 1 is 1.29 bits per heavy atom. The van der Waals surface area contributed by atoms with Gasteiger partial charge in [0.05, 0.1) is 33.9 Å². The highest BCUT2D eigenvalue weighted by Gasteiger charge is 2.22. The number of pyridine rings is 2. The third kappa shape index (κ3) is 4.18. The van der Waals surface area contributed by atoms with Crippen molar-refractivity contribution >= 4 is 39.6 Å². The Morgan fingerprint density at radius 2 is 2.03 bits per heavy atom.